The monoisotopic (exact) mass is 360 g/mol. The standard InChI is InChI=1S/C18H24N4O4/c1-5-15(25-16-8-7-14(24-4)10-12(16)2)18(23)21-13-6-9-17(20-11-13)26-22-19-3/h6-11,15,19,22H,5H2,1-4H3,(H,21,23). The summed E-state index contributed by atoms with van der Waals surface area (Å²) < 4.78 is 11.1. The summed E-state index contributed by atoms with van der Waals surface area (Å²) in [7, 11) is 3.28. The highest BCUT2D eigenvalue weighted by atomic mass is 16.7. The van der Waals surface area contributed by atoms with E-state index in [-0.39, 0.29) is 5.91 Å². The first kappa shape index (κ1) is 19.5. The third-order valence-corrected chi connectivity index (χ3v) is 3.58. The van der Waals surface area contributed by atoms with Gasteiger partial charge in [0.25, 0.3) is 5.91 Å². The molecular weight excluding hydrogens is 336 g/mol. The lowest BCUT2D eigenvalue weighted by Crippen LogP contribution is -2.32. The van der Waals surface area contributed by atoms with Gasteiger partial charge in [-0.1, -0.05) is 12.5 Å². The summed E-state index contributed by atoms with van der Waals surface area (Å²) in [6, 6.07) is 8.79. The highest BCUT2D eigenvalue weighted by molar-refractivity contribution is 5.94. The highest BCUT2D eigenvalue weighted by Gasteiger charge is 2.19. The molecule has 1 atom stereocenters. The van der Waals surface area contributed by atoms with Crippen LogP contribution in [-0.2, 0) is 4.79 Å². The fourth-order valence-corrected chi connectivity index (χ4v) is 2.20. The van der Waals surface area contributed by atoms with Crippen LogP contribution >= 0.6 is 0 Å². The number of hydrazine groups is 1. The van der Waals surface area contributed by atoms with Gasteiger partial charge in [0.15, 0.2) is 6.10 Å². The Hall–Kier alpha value is -2.84. The van der Waals surface area contributed by atoms with E-state index in [1.54, 1.807) is 38.4 Å². The number of methoxy groups -OCH3 is 1. The zero-order valence-corrected chi connectivity index (χ0v) is 15.3. The molecule has 0 saturated heterocycles. The average Bonchev–Trinajstić information content (AvgIpc) is 2.66. The van der Waals surface area contributed by atoms with Gasteiger partial charge in [0.05, 0.1) is 19.0 Å². The summed E-state index contributed by atoms with van der Waals surface area (Å²) in [5.74, 6) is 1.52. The topological polar surface area (TPSA) is 93.7 Å². The lowest BCUT2D eigenvalue weighted by Gasteiger charge is -2.19. The number of carbonyl (C=O) groups excluding carboxylic acids is 1. The summed E-state index contributed by atoms with van der Waals surface area (Å²) in [5, 5.41) is 2.80. The number of nitrogens with one attached hydrogen (secondary N) is 3. The molecular formula is C18H24N4O4. The largest absolute Gasteiger partial charge is 0.497 e. The predicted octanol–water partition coefficient (Wildman–Crippen LogP) is 2.21. The summed E-state index contributed by atoms with van der Waals surface area (Å²) in [4.78, 5) is 21.6. The molecule has 0 radical (unpaired) electrons. The van der Waals surface area contributed by atoms with Crippen LogP contribution in [0.1, 0.15) is 18.9 Å². The van der Waals surface area contributed by atoms with Crippen LogP contribution in [0.15, 0.2) is 36.5 Å². The minimum Gasteiger partial charge on any atom is -0.497 e. The first-order valence-corrected chi connectivity index (χ1v) is 8.24. The molecule has 0 fully saturated rings. The van der Waals surface area contributed by atoms with E-state index in [1.807, 2.05) is 19.9 Å². The van der Waals surface area contributed by atoms with Crippen molar-refractivity contribution in [2.75, 3.05) is 19.5 Å². The van der Waals surface area contributed by atoms with Crippen LogP contribution in [0.4, 0.5) is 5.69 Å². The lowest BCUT2D eigenvalue weighted by molar-refractivity contribution is -0.122. The van der Waals surface area contributed by atoms with Crippen molar-refractivity contribution in [3.05, 3.63) is 42.1 Å². The third-order valence-electron chi connectivity index (χ3n) is 3.58. The van der Waals surface area contributed by atoms with Gasteiger partial charge in [-0.25, -0.2) is 10.4 Å². The first-order valence-electron chi connectivity index (χ1n) is 8.24. The minimum atomic E-state index is -0.621. The molecule has 3 N–H and O–H groups in total. The Morgan fingerprint density at radius 1 is 1.27 bits per heavy atom. The number of nitrogens with zero attached hydrogens (tertiary/aromatic N) is 1. The van der Waals surface area contributed by atoms with Crippen LogP contribution in [0.5, 0.6) is 17.4 Å². The maximum atomic E-state index is 12.5. The summed E-state index contributed by atoms with van der Waals surface area (Å²) in [6.45, 7) is 3.80. The third kappa shape index (κ3) is 5.33. The molecule has 0 bridgehead atoms. The number of rotatable bonds is 9. The molecule has 0 spiro atoms. The van der Waals surface area contributed by atoms with Crippen LogP contribution in [0.3, 0.4) is 0 Å². The highest BCUT2D eigenvalue weighted by Crippen LogP contribution is 2.25. The quantitative estimate of drug-likeness (QED) is 0.590. The minimum absolute atomic E-state index is 0.244. The normalized spacial score (nSPS) is 11.5. The zero-order chi connectivity index (χ0) is 18.9. The van der Waals surface area contributed by atoms with Crippen LogP contribution in [0.25, 0.3) is 0 Å². The summed E-state index contributed by atoms with van der Waals surface area (Å²) in [6.07, 6.45) is 1.41. The predicted molar refractivity (Wildman–Crippen MR) is 98.1 cm³/mol. The Kier molecular flexibility index (Phi) is 7.19. The van der Waals surface area contributed by atoms with Crippen molar-refractivity contribution in [1.29, 1.82) is 0 Å². The number of anilines is 1. The molecule has 1 aromatic heterocycles. The molecule has 2 aromatic rings. The fraction of sp³-hybridized carbons (Fsp3) is 0.333. The smallest absolute Gasteiger partial charge is 0.265 e. The van der Waals surface area contributed by atoms with Crippen LogP contribution in [0, 0.1) is 6.92 Å². The van der Waals surface area contributed by atoms with E-state index < -0.39 is 6.10 Å². The average molecular weight is 360 g/mol. The van der Waals surface area contributed by atoms with Gasteiger partial charge in [0, 0.05) is 13.1 Å². The van der Waals surface area contributed by atoms with E-state index in [2.05, 4.69) is 21.3 Å². The molecule has 8 heteroatoms. The van der Waals surface area contributed by atoms with E-state index in [0.29, 0.717) is 23.7 Å². The maximum absolute atomic E-state index is 12.5. The number of aryl methyl sites for hydroxylation is 1. The van der Waals surface area contributed by atoms with Crippen molar-refractivity contribution in [2.45, 2.75) is 26.4 Å². The van der Waals surface area contributed by atoms with Crippen molar-refractivity contribution in [3.63, 3.8) is 0 Å². The lowest BCUT2D eigenvalue weighted by atomic mass is 10.2. The number of amides is 1. The number of hydrogen-bond donors (Lipinski definition) is 3. The van der Waals surface area contributed by atoms with E-state index in [9.17, 15) is 4.79 Å². The Morgan fingerprint density at radius 2 is 2.08 bits per heavy atom. The van der Waals surface area contributed by atoms with Crippen LogP contribution < -0.4 is 30.6 Å². The molecule has 0 aliphatic heterocycles. The van der Waals surface area contributed by atoms with Gasteiger partial charge >= 0.3 is 0 Å². The van der Waals surface area contributed by atoms with Crippen LogP contribution in [-0.4, -0.2) is 31.2 Å². The van der Waals surface area contributed by atoms with E-state index in [4.69, 9.17) is 14.3 Å². The van der Waals surface area contributed by atoms with Crippen molar-refractivity contribution in [3.8, 4) is 17.4 Å². The number of aromatic nitrogens is 1. The Labute approximate surface area is 152 Å². The Bertz CT molecular complexity index is 722. The van der Waals surface area contributed by atoms with Gasteiger partial charge in [-0.15, -0.1) is 0 Å². The van der Waals surface area contributed by atoms with Gasteiger partial charge < -0.3 is 19.6 Å². The van der Waals surface area contributed by atoms with Gasteiger partial charge in [-0.2, -0.15) is 0 Å². The molecule has 2 rings (SSSR count). The van der Waals surface area contributed by atoms with Gasteiger partial charge in [-0.3, -0.25) is 4.79 Å². The number of pyridine rings is 1. The van der Waals surface area contributed by atoms with Gasteiger partial charge in [0.1, 0.15) is 11.5 Å². The van der Waals surface area contributed by atoms with Crippen molar-refractivity contribution in [2.24, 2.45) is 0 Å². The summed E-state index contributed by atoms with van der Waals surface area (Å²) >= 11 is 0. The SMILES string of the molecule is CCC(Oc1ccc(OC)cc1C)C(=O)Nc1ccc(ONNC)nc1. The molecule has 26 heavy (non-hydrogen) atoms. The second-order valence-corrected chi connectivity index (χ2v) is 5.47. The zero-order valence-electron chi connectivity index (χ0n) is 15.3. The molecule has 1 aromatic carbocycles. The van der Waals surface area contributed by atoms with E-state index in [1.165, 1.54) is 6.20 Å². The molecule has 1 amide bonds. The number of carbonyl (C=O) groups is 1. The van der Waals surface area contributed by atoms with E-state index in [0.717, 1.165) is 11.3 Å². The van der Waals surface area contributed by atoms with E-state index >= 15 is 0 Å². The molecule has 8 nitrogen and oxygen atoms in total. The molecule has 0 aliphatic rings. The number of benzene rings is 1. The molecule has 1 unspecified atom stereocenters. The molecule has 1 heterocycles. The molecule has 0 saturated carbocycles. The van der Waals surface area contributed by atoms with Crippen molar-refractivity contribution < 1.29 is 19.1 Å². The second kappa shape index (κ2) is 9.59. The van der Waals surface area contributed by atoms with Crippen LogP contribution in [0.2, 0.25) is 0 Å². The Balaban J connectivity index is 1.99. The molecule has 0 aliphatic carbocycles. The fourth-order valence-electron chi connectivity index (χ4n) is 2.20. The molecule has 140 valence electrons. The number of ether oxygens (including phenoxy) is 2. The first-order chi connectivity index (χ1) is 12.6. The van der Waals surface area contributed by atoms with Crippen molar-refractivity contribution >= 4 is 11.6 Å². The maximum Gasteiger partial charge on any atom is 0.265 e. The van der Waals surface area contributed by atoms with Crippen molar-refractivity contribution in [1.82, 2.24) is 16.0 Å². The van der Waals surface area contributed by atoms with Gasteiger partial charge in [-0.05, 0) is 43.2 Å². The summed E-state index contributed by atoms with van der Waals surface area (Å²) in [5.41, 5.74) is 6.53. The Morgan fingerprint density at radius 3 is 2.65 bits per heavy atom. The number of hydrogen-bond acceptors (Lipinski definition) is 7. The second-order valence-electron chi connectivity index (χ2n) is 5.47. The van der Waals surface area contributed by atoms with Gasteiger partial charge in [0.2, 0.25) is 5.88 Å².